The number of methoxy groups -OCH3 is 1. The van der Waals surface area contributed by atoms with Gasteiger partial charge in [-0.15, -0.1) is 0 Å². The first-order valence-corrected chi connectivity index (χ1v) is 7.99. The SMILES string of the molecule is COc1ccc(-c2nc(CN(C)C(C)c3ccc(F)cc3)no2)cc1. The number of ether oxygens (including phenoxy) is 1. The Labute approximate surface area is 146 Å². The van der Waals surface area contributed by atoms with Gasteiger partial charge in [0.2, 0.25) is 0 Å². The minimum Gasteiger partial charge on any atom is -0.497 e. The Bertz CT molecular complexity index is 815. The molecule has 0 fully saturated rings. The molecule has 6 heteroatoms. The molecule has 130 valence electrons. The normalized spacial score (nSPS) is 12.4. The average molecular weight is 341 g/mol. The maximum atomic E-state index is 13.1. The molecule has 1 atom stereocenters. The minimum absolute atomic E-state index is 0.100. The molecule has 3 aromatic rings. The summed E-state index contributed by atoms with van der Waals surface area (Å²) in [5.41, 5.74) is 1.87. The second-order valence-electron chi connectivity index (χ2n) is 5.89. The molecule has 0 saturated carbocycles. The zero-order valence-electron chi connectivity index (χ0n) is 14.4. The third kappa shape index (κ3) is 4.03. The molecule has 0 aliphatic carbocycles. The number of hydrogen-bond donors (Lipinski definition) is 0. The fourth-order valence-corrected chi connectivity index (χ4v) is 2.52. The molecule has 1 aromatic heterocycles. The van der Waals surface area contributed by atoms with E-state index in [0.717, 1.165) is 16.9 Å². The smallest absolute Gasteiger partial charge is 0.257 e. The fourth-order valence-electron chi connectivity index (χ4n) is 2.52. The van der Waals surface area contributed by atoms with Gasteiger partial charge in [0.25, 0.3) is 5.89 Å². The van der Waals surface area contributed by atoms with Gasteiger partial charge in [-0.2, -0.15) is 4.98 Å². The molecule has 0 bridgehead atoms. The van der Waals surface area contributed by atoms with Crippen molar-refractivity contribution in [3.63, 3.8) is 0 Å². The Morgan fingerprint density at radius 1 is 1.12 bits per heavy atom. The first kappa shape index (κ1) is 17.1. The average Bonchev–Trinajstić information content (AvgIpc) is 3.10. The number of nitrogens with zero attached hydrogens (tertiary/aromatic N) is 3. The van der Waals surface area contributed by atoms with Gasteiger partial charge in [-0.25, -0.2) is 4.39 Å². The van der Waals surface area contributed by atoms with E-state index < -0.39 is 0 Å². The van der Waals surface area contributed by atoms with E-state index in [0.29, 0.717) is 18.3 Å². The summed E-state index contributed by atoms with van der Waals surface area (Å²) < 4.78 is 23.5. The maximum Gasteiger partial charge on any atom is 0.257 e. The van der Waals surface area contributed by atoms with Crippen molar-refractivity contribution in [2.24, 2.45) is 0 Å². The van der Waals surface area contributed by atoms with Crippen molar-refractivity contribution in [3.05, 3.63) is 65.7 Å². The maximum absolute atomic E-state index is 13.1. The molecule has 1 heterocycles. The van der Waals surface area contributed by atoms with Gasteiger partial charge in [0.15, 0.2) is 5.82 Å². The van der Waals surface area contributed by atoms with Crippen LogP contribution in [0.5, 0.6) is 5.75 Å². The molecule has 0 aliphatic heterocycles. The van der Waals surface area contributed by atoms with Gasteiger partial charge >= 0.3 is 0 Å². The monoisotopic (exact) mass is 341 g/mol. The molecular weight excluding hydrogens is 321 g/mol. The van der Waals surface area contributed by atoms with Gasteiger partial charge in [0.05, 0.1) is 13.7 Å². The molecule has 5 nitrogen and oxygen atoms in total. The summed E-state index contributed by atoms with van der Waals surface area (Å²) in [6.07, 6.45) is 0. The topological polar surface area (TPSA) is 51.4 Å². The number of benzene rings is 2. The van der Waals surface area contributed by atoms with Crippen molar-refractivity contribution in [1.82, 2.24) is 15.0 Å². The number of hydrogen-bond acceptors (Lipinski definition) is 5. The van der Waals surface area contributed by atoms with Crippen molar-refractivity contribution in [2.45, 2.75) is 19.5 Å². The van der Waals surface area contributed by atoms with E-state index >= 15 is 0 Å². The van der Waals surface area contributed by atoms with Crippen LogP contribution in [0.2, 0.25) is 0 Å². The lowest BCUT2D eigenvalue weighted by Crippen LogP contribution is -2.22. The van der Waals surface area contributed by atoms with Crippen LogP contribution in [-0.4, -0.2) is 29.2 Å². The summed E-state index contributed by atoms with van der Waals surface area (Å²) in [7, 11) is 3.59. The Kier molecular flexibility index (Phi) is 5.09. The highest BCUT2D eigenvalue weighted by molar-refractivity contribution is 5.54. The second kappa shape index (κ2) is 7.44. The van der Waals surface area contributed by atoms with E-state index in [9.17, 15) is 4.39 Å². The molecule has 3 rings (SSSR count). The summed E-state index contributed by atoms with van der Waals surface area (Å²) in [5.74, 6) is 1.61. The van der Waals surface area contributed by atoms with E-state index in [1.54, 1.807) is 19.2 Å². The Morgan fingerprint density at radius 3 is 2.44 bits per heavy atom. The highest BCUT2D eigenvalue weighted by Gasteiger charge is 2.16. The van der Waals surface area contributed by atoms with Crippen LogP contribution in [0.15, 0.2) is 53.1 Å². The van der Waals surface area contributed by atoms with Gasteiger partial charge in [-0.05, 0) is 55.9 Å². The zero-order chi connectivity index (χ0) is 17.8. The van der Waals surface area contributed by atoms with Gasteiger partial charge in [-0.1, -0.05) is 17.3 Å². The van der Waals surface area contributed by atoms with Crippen molar-refractivity contribution in [3.8, 4) is 17.2 Å². The third-order valence-electron chi connectivity index (χ3n) is 4.21. The van der Waals surface area contributed by atoms with Crippen molar-refractivity contribution in [1.29, 1.82) is 0 Å². The molecule has 2 aromatic carbocycles. The van der Waals surface area contributed by atoms with Crippen LogP contribution < -0.4 is 4.74 Å². The van der Waals surface area contributed by atoms with E-state index in [4.69, 9.17) is 9.26 Å². The van der Waals surface area contributed by atoms with Crippen LogP contribution in [0.25, 0.3) is 11.5 Å². The lowest BCUT2D eigenvalue weighted by Gasteiger charge is -2.23. The lowest BCUT2D eigenvalue weighted by molar-refractivity contribution is 0.242. The molecule has 0 spiro atoms. The lowest BCUT2D eigenvalue weighted by atomic mass is 10.1. The van der Waals surface area contributed by atoms with Crippen molar-refractivity contribution < 1.29 is 13.7 Å². The molecule has 0 amide bonds. The van der Waals surface area contributed by atoms with E-state index in [2.05, 4.69) is 22.0 Å². The largest absolute Gasteiger partial charge is 0.497 e. The highest BCUT2D eigenvalue weighted by atomic mass is 19.1. The predicted molar refractivity (Wildman–Crippen MR) is 92.6 cm³/mol. The van der Waals surface area contributed by atoms with E-state index in [-0.39, 0.29) is 11.9 Å². The molecule has 1 unspecified atom stereocenters. The summed E-state index contributed by atoms with van der Waals surface area (Å²) >= 11 is 0. The summed E-state index contributed by atoms with van der Waals surface area (Å²) in [5, 5.41) is 4.05. The fraction of sp³-hybridized carbons (Fsp3) is 0.263. The van der Waals surface area contributed by atoms with Crippen LogP contribution in [0.1, 0.15) is 24.4 Å². The van der Waals surface area contributed by atoms with Crippen LogP contribution in [0.4, 0.5) is 4.39 Å². The van der Waals surface area contributed by atoms with E-state index in [1.165, 1.54) is 12.1 Å². The summed E-state index contributed by atoms with van der Waals surface area (Å²) in [6, 6.07) is 14.1. The predicted octanol–water partition coefficient (Wildman–Crippen LogP) is 4.08. The first-order chi connectivity index (χ1) is 12.1. The van der Waals surface area contributed by atoms with Crippen LogP contribution in [-0.2, 0) is 6.54 Å². The van der Waals surface area contributed by atoms with Crippen molar-refractivity contribution >= 4 is 0 Å². The molecular formula is C19H20FN3O2. The number of aromatic nitrogens is 2. The molecule has 0 aliphatic rings. The van der Waals surface area contributed by atoms with E-state index in [1.807, 2.05) is 31.3 Å². The minimum atomic E-state index is -0.235. The third-order valence-corrected chi connectivity index (χ3v) is 4.21. The number of rotatable bonds is 6. The second-order valence-corrected chi connectivity index (χ2v) is 5.89. The Hall–Kier alpha value is -2.73. The number of halogens is 1. The van der Waals surface area contributed by atoms with Crippen molar-refractivity contribution in [2.75, 3.05) is 14.2 Å². The molecule has 0 radical (unpaired) electrons. The van der Waals surface area contributed by atoms with Gasteiger partial charge < -0.3 is 9.26 Å². The first-order valence-electron chi connectivity index (χ1n) is 7.99. The molecule has 0 saturated heterocycles. The standard InChI is InChI=1S/C19H20FN3O2/c1-13(14-4-8-16(20)9-5-14)23(2)12-18-21-19(25-22-18)15-6-10-17(24-3)11-7-15/h4-11,13H,12H2,1-3H3. The molecule has 25 heavy (non-hydrogen) atoms. The summed E-state index contributed by atoms with van der Waals surface area (Å²) in [6.45, 7) is 2.58. The van der Waals surface area contributed by atoms with Crippen LogP contribution in [0, 0.1) is 5.82 Å². The Morgan fingerprint density at radius 2 is 1.80 bits per heavy atom. The van der Waals surface area contributed by atoms with Crippen LogP contribution in [0.3, 0.4) is 0 Å². The van der Waals surface area contributed by atoms with Gasteiger partial charge in [0.1, 0.15) is 11.6 Å². The van der Waals surface area contributed by atoms with Gasteiger partial charge in [0, 0.05) is 11.6 Å². The quantitative estimate of drug-likeness (QED) is 0.676. The van der Waals surface area contributed by atoms with Gasteiger partial charge in [-0.3, -0.25) is 4.90 Å². The van der Waals surface area contributed by atoms with Crippen LogP contribution >= 0.6 is 0 Å². The zero-order valence-corrected chi connectivity index (χ0v) is 14.4. The highest BCUT2D eigenvalue weighted by Crippen LogP contribution is 2.23. The Balaban J connectivity index is 1.68. The summed E-state index contributed by atoms with van der Waals surface area (Å²) in [4.78, 5) is 6.53. The molecule has 0 N–H and O–H groups in total.